The first-order chi connectivity index (χ1) is 13.2. The first kappa shape index (κ1) is 22.4. The van der Waals surface area contributed by atoms with Crippen LogP contribution in [0.3, 0.4) is 0 Å². The maximum absolute atomic E-state index is 13.8. The molecule has 0 bridgehead atoms. The van der Waals surface area contributed by atoms with Crippen LogP contribution < -0.4 is 5.32 Å². The Kier molecular flexibility index (Phi) is 8.92. The van der Waals surface area contributed by atoms with Crippen LogP contribution in [0, 0.1) is 5.82 Å². The molecule has 150 valence electrons. The first-order valence-electron chi connectivity index (χ1n) is 9.17. The highest BCUT2D eigenvalue weighted by atomic mass is 127. The van der Waals surface area contributed by atoms with Gasteiger partial charge in [-0.2, -0.15) is 0 Å². The zero-order chi connectivity index (χ0) is 19.1. The van der Waals surface area contributed by atoms with Crippen molar-refractivity contribution in [3.63, 3.8) is 0 Å². The van der Waals surface area contributed by atoms with E-state index in [1.807, 2.05) is 12.1 Å². The lowest BCUT2D eigenvalue weighted by molar-refractivity contribution is 0.181. The molecule has 3 rings (SSSR count). The van der Waals surface area contributed by atoms with Crippen LogP contribution >= 0.6 is 24.0 Å². The lowest BCUT2D eigenvalue weighted by Gasteiger charge is -2.30. The number of guanidine groups is 1. The van der Waals surface area contributed by atoms with Gasteiger partial charge in [-0.1, -0.05) is 42.5 Å². The van der Waals surface area contributed by atoms with E-state index in [4.69, 9.17) is 4.74 Å². The van der Waals surface area contributed by atoms with Crippen molar-refractivity contribution in [2.75, 3.05) is 27.2 Å². The number of hydrogen-bond donors (Lipinski definition) is 1. The molecule has 1 aliphatic rings. The van der Waals surface area contributed by atoms with E-state index in [-0.39, 0.29) is 36.4 Å². The average Bonchev–Trinajstić information content (AvgIpc) is 2.72. The van der Waals surface area contributed by atoms with Crippen LogP contribution in [0.15, 0.2) is 59.6 Å². The number of rotatable bonds is 5. The number of nitrogens with zero attached hydrogens (tertiary/aromatic N) is 2. The molecular weight excluding hydrogens is 468 g/mol. The third kappa shape index (κ3) is 5.78. The molecule has 1 heterocycles. The highest BCUT2D eigenvalue weighted by Crippen LogP contribution is 2.22. The summed E-state index contributed by atoms with van der Waals surface area (Å²) in [7, 11) is 3.36. The predicted octanol–water partition coefficient (Wildman–Crippen LogP) is 4.45. The molecule has 0 spiro atoms. The van der Waals surface area contributed by atoms with Crippen LogP contribution in [0.4, 0.5) is 4.39 Å². The topological polar surface area (TPSA) is 36.9 Å². The molecule has 0 saturated carbocycles. The Labute approximate surface area is 183 Å². The van der Waals surface area contributed by atoms with E-state index in [1.54, 1.807) is 20.2 Å². The number of halogens is 2. The fourth-order valence-corrected chi connectivity index (χ4v) is 3.29. The zero-order valence-electron chi connectivity index (χ0n) is 16.3. The molecule has 0 amide bonds. The van der Waals surface area contributed by atoms with Gasteiger partial charge in [0, 0.05) is 39.4 Å². The maximum atomic E-state index is 13.8. The zero-order valence-corrected chi connectivity index (χ0v) is 18.7. The molecule has 0 radical (unpaired) electrons. The summed E-state index contributed by atoms with van der Waals surface area (Å²) in [6.07, 6.45) is 3.25. The Morgan fingerprint density at radius 2 is 2.00 bits per heavy atom. The van der Waals surface area contributed by atoms with Crippen LogP contribution in [-0.2, 0) is 17.9 Å². The lowest BCUT2D eigenvalue weighted by Crippen LogP contribution is -2.43. The van der Waals surface area contributed by atoms with Gasteiger partial charge in [-0.05, 0) is 35.3 Å². The van der Waals surface area contributed by atoms with Gasteiger partial charge >= 0.3 is 0 Å². The minimum absolute atomic E-state index is 0. The van der Waals surface area contributed by atoms with Crippen molar-refractivity contribution in [3.8, 4) is 0 Å². The summed E-state index contributed by atoms with van der Waals surface area (Å²) in [6, 6.07) is 15.6. The first-order valence-corrected chi connectivity index (χ1v) is 9.17. The van der Waals surface area contributed by atoms with Gasteiger partial charge in [0.1, 0.15) is 5.82 Å². The fraction of sp³-hybridized carbons (Fsp3) is 0.318. The van der Waals surface area contributed by atoms with E-state index >= 15 is 0 Å². The highest BCUT2D eigenvalue weighted by Gasteiger charge is 2.16. The van der Waals surface area contributed by atoms with E-state index in [0.29, 0.717) is 12.1 Å². The fourth-order valence-electron chi connectivity index (χ4n) is 3.29. The van der Waals surface area contributed by atoms with Crippen molar-refractivity contribution in [1.82, 2.24) is 10.2 Å². The average molecular weight is 495 g/mol. The minimum atomic E-state index is -0.236. The van der Waals surface area contributed by atoms with Crippen molar-refractivity contribution in [2.45, 2.75) is 19.6 Å². The summed E-state index contributed by atoms with van der Waals surface area (Å²) in [5, 5.41) is 3.38. The molecular formula is C22H27FIN3O. The number of ether oxygens (including phenoxy) is 1. The van der Waals surface area contributed by atoms with E-state index in [1.165, 1.54) is 17.2 Å². The monoisotopic (exact) mass is 495 g/mol. The van der Waals surface area contributed by atoms with Gasteiger partial charge in [-0.3, -0.25) is 4.99 Å². The van der Waals surface area contributed by atoms with Crippen LogP contribution in [0.1, 0.15) is 23.1 Å². The van der Waals surface area contributed by atoms with Crippen molar-refractivity contribution in [2.24, 2.45) is 4.99 Å². The van der Waals surface area contributed by atoms with Crippen molar-refractivity contribution in [1.29, 1.82) is 0 Å². The second kappa shape index (κ2) is 11.2. The summed E-state index contributed by atoms with van der Waals surface area (Å²) in [5.41, 5.74) is 4.24. The Morgan fingerprint density at radius 3 is 2.64 bits per heavy atom. The predicted molar refractivity (Wildman–Crippen MR) is 123 cm³/mol. The molecule has 0 aromatic heterocycles. The SMILES string of the molecule is CN=C(NCc1ccc(F)c(COC)c1)N1CC=C(c2ccccc2)CC1.I. The quantitative estimate of drug-likeness (QED) is 0.378. The Balaban J connectivity index is 0.00000280. The summed E-state index contributed by atoms with van der Waals surface area (Å²) >= 11 is 0. The Hall–Kier alpha value is -1.93. The van der Waals surface area contributed by atoms with Gasteiger partial charge < -0.3 is 15.0 Å². The second-order valence-electron chi connectivity index (χ2n) is 6.55. The third-order valence-electron chi connectivity index (χ3n) is 4.73. The summed E-state index contributed by atoms with van der Waals surface area (Å²) in [6.45, 7) is 2.60. The van der Waals surface area contributed by atoms with Gasteiger partial charge in [0.15, 0.2) is 5.96 Å². The largest absolute Gasteiger partial charge is 0.380 e. The molecule has 6 heteroatoms. The summed E-state index contributed by atoms with van der Waals surface area (Å²) < 4.78 is 18.8. The van der Waals surface area contributed by atoms with E-state index in [0.717, 1.165) is 31.0 Å². The maximum Gasteiger partial charge on any atom is 0.194 e. The van der Waals surface area contributed by atoms with Crippen molar-refractivity contribution >= 4 is 35.5 Å². The summed E-state index contributed by atoms with van der Waals surface area (Å²) in [5.74, 6) is 0.621. The molecule has 2 aromatic rings. The lowest BCUT2D eigenvalue weighted by atomic mass is 10.00. The van der Waals surface area contributed by atoms with Gasteiger partial charge in [-0.15, -0.1) is 24.0 Å². The molecule has 0 fully saturated rings. The normalized spacial score (nSPS) is 14.3. The van der Waals surface area contributed by atoms with Gasteiger partial charge in [0.25, 0.3) is 0 Å². The third-order valence-corrected chi connectivity index (χ3v) is 4.73. The van der Waals surface area contributed by atoms with E-state index in [2.05, 4.69) is 45.6 Å². The smallest absolute Gasteiger partial charge is 0.194 e. The number of aliphatic imine (C=N–C) groups is 1. The molecule has 0 aliphatic carbocycles. The van der Waals surface area contributed by atoms with Crippen molar-refractivity contribution < 1.29 is 9.13 Å². The minimum Gasteiger partial charge on any atom is -0.380 e. The van der Waals surface area contributed by atoms with Crippen LogP contribution in [0.25, 0.3) is 5.57 Å². The van der Waals surface area contributed by atoms with Crippen molar-refractivity contribution in [3.05, 3.63) is 77.1 Å². The van der Waals surface area contributed by atoms with Crippen LogP contribution in [0.2, 0.25) is 0 Å². The molecule has 2 aromatic carbocycles. The number of nitrogens with one attached hydrogen (secondary N) is 1. The van der Waals surface area contributed by atoms with Gasteiger partial charge in [0.2, 0.25) is 0 Å². The Morgan fingerprint density at radius 1 is 1.21 bits per heavy atom. The number of methoxy groups -OCH3 is 1. The molecule has 4 nitrogen and oxygen atoms in total. The standard InChI is InChI=1S/C22H26FN3O.HI/c1-24-22(25-15-17-8-9-21(23)20(14-17)16-27-2)26-12-10-19(11-13-26)18-6-4-3-5-7-18;/h3-10,14H,11-13,15-16H2,1-2H3,(H,24,25);1H. The molecule has 1 N–H and O–H groups in total. The van der Waals surface area contributed by atoms with E-state index < -0.39 is 0 Å². The second-order valence-corrected chi connectivity index (χ2v) is 6.55. The van der Waals surface area contributed by atoms with Crippen LogP contribution in [0.5, 0.6) is 0 Å². The molecule has 0 atom stereocenters. The summed E-state index contributed by atoms with van der Waals surface area (Å²) in [4.78, 5) is 6.63. The van der Waals surface area contributed by atoms with Crippen LogP contribution in [-0.4, -0.2) is 38.1 Å². The Bertz CT molecular complexity index is 824. The number of benzene rings is 2. The molecule has 0 unspecified atom stereocenters. The molecule has 0 saturated heterocycles. The van der Waals surface area contributed by atoms with Gasteiger partial charge in [0.05, 0.1) is 6.61 Å². The molecule has 1 aliphatic heterocycles. The molecule has 28 heavy (non-hydrogen) atoms. The van der Waals surface area contributed by atoms with Gasteiger partial charge in [-0.25, -0.2) is 4.39 Å². The van der Waals surface area contributed by atoms with E-state index in [9.17, 15) is 4.39 Å². The highest BCUT2D eigenvalue weighted by molar-refractivity contribution is 14.0. The number of hydrogen-bond acceptors (Lipinski definition) is 2.